The van der Waals surface area contributed by atoms with Gasteiger partial charge < -0.3 is 9.47 Å². The van der Waals surface area contributed by atoms with Gasteiger partial charge in [0.2, 0.25) is 6.29 Å². The van der Waals surface area contributed by atoms with Gasteiger partial charge in [-0.15, -0.1) is 0 Å². The number of hydrogen-bond donors (Lipinski definition) is 0. The average molecular weight is 178 g/mol. The van der Waals surface area contributed by atoms with Crippen LogP contribution in [0, 0.1) is 5.92 Å². The van der Waals surface area contributed by atoms with Crippen LogP contribution in [0.3, 0.4) is 0 Å². The second-order valence-electron chi connectivity index (χ2n) is 4.02. The molecule has 0 radical (unpaired) electrons. The van der Waals surface area contributed by atoms with Crippen LogP contribution in [0.5, 0.6) is 0 Å². The summed E-state index contributed by atoms with van der Waals surface area (Å²) in [6.07, 6.45) is 8.95. The van der Waals surface area contributed by atoms with Gasteiger partial charge in [0.05, 0.1) is 6.61 Å². The highest BCUT2D eigenvalue weighted by Gasteiger charge is 2.35. The lowest BCUT2D eigenvalue weighted by atomic mass is 9.89. The fourth-order valence-electron chi connectivity index (χ4n) is 2.40. The van der Waals surface area contributed by atoms with Gasteiger partial charge in [-0.1, -0.05) is 12.2 Å². The third-order valence-electron chi connectivity index (χ3n) is 3.15. The molecule has 2 atom stereocenters. The topological polar surface area (TPSA) is 18.5 Å². The number of allylic oxidation sites excluding steroid dienone is 3. The maximum atomic E-state index is 5.82. The Morgan fingerprint density at radius 1 is 1.23 bits per heavy atom. The van der Waals surface area contributed by atoms with Crippen molar-refractivity contribution in [3.05, 3.63) is 23.5 Å². The van der Waals surface area contributed by atoms with E-state index in [4.69, 9.17) is 9.47 Å². The Balaban J connectivity index is 1.84. The van der Waals surface area contributed by atoms with Gasteiger partial charge in [-0.05, 0) is 24.8 Å². The van der Waals surface area contributed by atoms with Crippen LogP contribution in [-0.2, 0) is 9.47 Å². The van der Waals surface area contributed by atoms with Crippen LogP contribution >= 0.6 is 0 Å². The zero-order chi connectivity index (χ0) is 8.67. The Kier molecular flexibility index (Phi) is 1.69. The highest BCUT2D eigenvalue weighted by molar-refractivity contribution is 5.22. The zero-order valence-corrected chi connectivity index (χ0v) is 7.66. The molecular weight excluding hydrogens is 164 g/mol. The predicted molar refractivity (Wildman–Crippen MR) is 48.9 cm³/mol. The summed E-state index contributed by atoms with van der Waals surface area (Å²) in [6, 6.07) is 0. The molecule has 3 aliphatic rings. The summed E-state index contributed by atoms with van der Waals surface area (Å²) >= 11 is 0. The van der Waals surface area contributed by atoms with Crippen molar-refractivity contribution >= 4 is 0 Å². The van der Waals surface area contributed by atoms with Crippen molar-refractivity contribution in [2.75, 3.05) is 6.61 Å². The van der Waals surface area contributed by atoms with Gasteiger partial charge in [-0.3, -0.25) is 0 Å². The molecule has 3 rings (SSSR count). The molecule has 1 fully saturated rings. The van der Waals surface area contributed by atoms with Gasteiger partial charge in [0, 0.05) is 12.3 Å². The van der Waals surface area contributed by atoms with Crippen LogP contribution in [-0.4, -0.2) is 12.9 Å². The fourth-order valence-corrected chi connectivity index (χ4v) is 2.40. The van der Waals surface area contributed by atoms with Crippen molar-refractivity contribution in [2.24, 2.45) is 5.92 Å². The minimum absolute atomic E-state index is 0.0743. The molecule has 0 N–H and O–H groups in total. The van der Waals surface area contributed by atoms with Crippen molar-refractivity contribution in [2.45, 2.75) is 32.0 Å². The van der Waals surface area contributed by atoms with E-state index in [1.807, 2.05) is 0 Å². The summed E-state index contributed by atoms with van der Waals surface area (Å²) in [5.74, 6) is 1.82. The lowest BCUT2D eigenvalue weighted by Gasteiger charge is -2.30. The van der Waals surface area contributed by atoms with E-state index in [1.54, 1.807) is 0 Å². The predicted octanol–water partition coefficient (Wildman–Crippen LogP) is 2.37. The molecule has 0 aromatic carbocycles. The summed E-state index contributed by atoms with van der Waals surface area (Å²) in [5.41, 5.74) is 1.51. The van der Waals surface area contributed by atoms with Crippen LogP contribution in [0.15, 0.2) is 23.5 Å². The number of rotatable bonds is 0. The standard InChI is InChI=1S/C11H14O2/c1-2-4-10-8(3-1)7-9-5-6-12-11(9)13-10/h1-2,9,11H,3-7H2. The number of fused-ring (bicyclic) bond motifs is 1. The van der Waals surface area contributed by atoms with E-state index in [2.05, 4.69) is 12.2 Å². The molecule has 70 valence electrons. The largest absolute Gasteiger partial charge is 0.469 e. The van der Waals surface area contributed by atoms with Crippen LogP contribution in [0.2, 0.25) is 0 Å². The highest BCUT2D eigenvalue weighted by Crippen LogP contribution is 2.39. The molecule has 0 bridgehead atoms. The molecule has 2 heteroatoms. The van der Waals surface area contributed by atoms with Crippen molar-refractivity contribution in [1.29, 1.82) is 0 Å². The SMILES string of the molecule is C1=CCC2=C(C1)CC1CCOC1O2. The molecule has 0 aromatic rings. The molecule has 0 amide bonds. The Morgan fingerprint density at radius 2 is 2.15 bits per heavy atom. The smallest absolute Gasteiger partial charge is 0.202 e. The molecule has 1 saturated heterocycles. The van der Waals surface area contributed by atoms with Gasteiger partial charge in [-0.25, -0.2) is 0 Å². The Morgan fingerprint density at radius 3 is 3.15 bits per heavy atom. The van der Waals surface area contributed by atoms with E-state index in [9.17, 15) is 0 Å². The van der Waals surface area contributed by atoms with E-state index in [1.165, 1.54) is 24.2 Å². The van der Waals surface area contributed by atoms with Gasteiger partial charge >= 0.3 is 0 Å². The normalized spacial score (nSPS) is 36.9. The maximum Gasteiger partial charge on any atom is 0.202 e. The first kappa shape index (κ1) is 7.63. The minimum Gasteiger partial charge on any atom is -0.469 e. The third kappa shape index (κ3) is 1.20. The Labute approximate surface area is 78.2 Å². The molecule has 2 unspecified atom stereocenters. The lowest BCUT2D eigenvalue weighted by molar-refractivity contribution is -0.113. The second-order valence-corrected chi connectivity index (χ2v) is 4.02. The van der Waals surface area contributed by atoms with Crippen molar-refractivity contribution < 1.29 is 9.47 Å². The average Bonchev–Trinajstić information content (AvgIpc) is 2.61. The first-order valence-electron chi connectivity index (χ1n) is 5.07. The summed E-state index contributed by atoms with van der Waals surface area (Å²) in [7, 11) is 0. The van der Waals surface area contributed by atoms with Crippen LogP contribution in [0.25, 0.3) is 0 Å². The summed E-state index contributed by atoms with van der Waals surface area (Å²) in [5, 5.41) is 0. The van der Waals surface area contributed by atoms with Crippen molar-refractivity contribution in [3.8, 4) is 0 Å². The third-order valence-corrected chi connectivity index (χ3v) is 3.15. The van der Waals surface area contributed by atoms with Crippen LogP contribution in [0.4, 0.5) is 0 Å². The summed E-state index contributed by atoms with van der Waals surface area (Å²) in [6.45, 7) is 0.878. The van der Waals surface area contributed by atoms with E-state index in [0.29, 0.717) is 5.92 Å². The molecule has 13 heavy (non-hydrogen) atoms. The lowest BCUT2D eigenvalue weighted by Crippen LogP contribution is -2.26. The van der Waals surface area contributed by atoms with Gasteiger partial charge in [-0.2, -0.15) is 0 Å². The highest BCUT2D eigenvalue weighted by atomic mass is 16.7. The molecule has 2 aliphatic heterocycles. The molecular formula is C11H14O2. The minimum atomic E-state index is 0.0743. The van der Waals surface area contributed by atoms with Crippen LogP contribution in [0.1, 0.15) is 25.7 Å². The van der Waals surface area contributed by atoms with E-state index in [0.717, 1.165) is 19.4 Å². The van der Waals surface area contributed by atoms with Crippen molar-refractivity contribution in [1.82, 2.24) is 0 Å². The number of hydrogen-bond acceptors (Lipinski definition) is 2. The quantitative estimate of drug-likeness (QED) is 0.530. The molecule has 0 spiro atoms. The second kappa shape index (κ2) is 2.88. The molecule has 2 heterocycles. The van der Waals surface area contributed by atoms with E-state index in [-0.39, 0.29) is 6.29 Å². The van der Waals surface area contributed by atoms with Crippen LogP contribution < -0.4 is 0 Å². The molecule has 0 saturated carbocycles. The van der Waals surface area contributed by atoms with Gasteiger partial charge in [0.25, 0.3) is 0 Å². The molecule has 0 aromatic heterocycles. The number of ether oxygens (including phenoxy) is 2. The molecule has 1 aliphatic carbocycles. The Bertz CT molecular complexity index is 252. The van der Waals surface area contributed by atoms with E-state index < -0.39 is 0 Å². The van der Waals surface area contributed by atoms with Gasteiger partial charge in [0.1, 0.15) is 5.76 Å². The van der Waals surface area contributed by atoms with E-state index >= 15 is 0 Å². The summed E-state index contributed by atoms with van der Waals surface area (Å²) < 4.78 is 11.3. The molecule has 2 nitrogen and oxygen atoms in total. The van der Waals surface area contributed by atoms with Crippen molar-refractivity contribution in [3.63, 3.8) is 0 Å². The first-order chi connectivity index (χ1) is 6.43. The zero-order valence-electron chi connectivity index (χ0n) is 7.66. The first-order valence-corrected chi connectivity index (χ1v) is 5.07. The maximum absolute atomic E-state index is 5.82. The summed E-state index contributed by atoms with van der Waals surface area (Å²) in [4.78, 5) is 0. The monoisotopic (exact) mass is 178 g/mol. The fraction of sp³-hybridized carbons (Fsp3) is 0.636. The van der Waals surface area contributed by atoms with Gasteiger partial charge in [0.15, 0.2) is 0 Å². The Hall–Kier alpha value is -0.760.